The van der Waals surface area contributed by atoms with Crippen LogP contribution in [0.2, 0.25) is 0 Å². The van der Waals surface area contributed by atoms with Crippen molar-refractivity contribution < 1.29 is 9.53 Å². The zero-order valence-corrected chi connectivity index (χ0v) is 14.3. The second-order valence-corrected chi connectivity index (χ2v) is 5.73. The number of likely N-dealkylation sites (tertiary alicyclic amines) is 1. The van der Waals surface area contributed by atoms with Crippen molar-refractivity contribution >= 4 is 18.3 Å². The third-order valence-corrected chi connectivity index (χ3v) is 4.13. The smallest absolute Gasteiger partial charge is 0.263 e. The minimum absolute atomic E-state index is 0. The van der Waals surface area contributed by atoms with E-state index >= 15 is 0 Å². The van der Waals surface area contributed by atoms with Gasteiger partial charge in [0.2, 0.25) is 0 Å². The summed E-state index contributed by atoms with van der Waals surface area (Å²) >= 11 is 0. The van der Waals surface area contributed by atoms with Gasteiger partial charge in [-0.05, 0) is 57.8 Å². The van der Waals surface area contributed by atoms with Crippen LogP contribution >= 0.6 is 12.4 Å². The molecule has 1 aromatic carbocycles. The highest BCUT2D eigenvalue weighted by atomic mass is 35.5. The Morgan fingerprint density at radius 2 is 1.95 bits per heavy atom. The van der Waals surface area contributed by atoms with Crippen molar-refractivity contribution in [3.8, 4) is 5.75 Å². The molecule has 1 unspecified atom stereocenters. The zero-order valence-electron chi connectivity index (χ0n) is 13.5. The minimum Gasteiger partial charge on any atom is -0.481 e. The van der Waals surface area contributed by atoms with Gasteiger partial charge >= 0.3 is 0 Å². The number of ether oxygens (including phenoxy) is 1. The predicted octanol–water partition coefficient (Wildman–Crippen LogP) is 2.72. The molecule has 22 heavy (non-hydrogen) atoms. The van der Waals surface area contributed by atoms with E-state index in [4.69, 9.17) is 4.74 Å². The Bertz CT molecular complexity index is 434. The van der Waals surface area contributed by atoms with Crippen LogP contribution in [0.15, 0.2) is 30.3 Å². The van der Waals surface area contributed by atoms with Crippen LogP contribution in [0.25, 0.3) is 0 Å². The molecule has 0 radical (unpaired) electrons. The summed E-state index contributed by atoms with van der Waals surface area (Å²) in [6.07, 6.45) is 2.99. The number of amides is 1. The second kappa shape index (κ2) is 9.70. The first kappa shape index (κ1) is 18.8. The molecule has 4 nitrogen and oxygen atoms in total. The number of benzene rings is 1. The quantitative estimate of drug-likeness (QED) is 0.874. The Kier molecular flexibility index (Phi) is 8.28. The second-order valence-electron chi connectivity index (χ2n) is 5.73. The molecule has 1 fully saturated rings. The first-order valence-corrected chi connectivity index (χ1v) is 7.86. The number of para-hydroxylation sites is 1. The summed E-state index contributed by atoms with van der Waals surface area (Å²) in [5.41, 5.74) is 0. The fourth-order valence-electron chi connectivity index (χ4n) is 2.80. The molecule has 1 aliphatic rings. The highest BCUT2D eigenvalue weighted by Gasteiger charge is 2.26. The fourth-order valence-corrected chi connectivity index (χ4v) is 2.80. The van der Waals surface area contributed by atoms with E-state index in [0.29, 0.717) is 0 Å². The number of nitrogens with one attached hydrogen (secondary N) is 1. The van der Waals surface area contributed by atoms with Gasteiger partial charge in [-0.15, -0.1) is 12.4 Å². The summed E-state index contributed by atoms with van der Waals surface area (Å²) in [6, 6.07) is 9.54. The summed E-state index contributed by atoms with van der Waals surface area (Å²) in [7, 11) is 1.99. The number of hydrogen-bond acceptors (Lipinski definition) is 3. The molecule has 1 aromatic rings. The van der Waals surface area contributed by atoms with Crippen molar-refractivity contribution in [3.05, 3.63) is 30.3 Å². The number of hydrogen-bond donors (Lipinski definition) is 1. The summed E-state index contributed by atoms with van der Waals surface area (Å²) in [4.78, 5) is 14.4. The van der Waals surface area contributed by atoms with Gasteiger partial charge in [-0.2, -0.15) is 0 Å². The lowest BCUT2D eigenvalue weighted by Gasteiger charge is -2.33. The molecule has 1 heterocycles. The summed E-state index contributed by atoms with van der Waals surface area (Å²) in [5.74, 6) is 1.60. The normalized spacial score (nSPS) is 16.7. The van der Waals surface area contributed by atoms with Gasteiger partial charge in [0.25, 0.3) is 5.91 Å². The number of rotatable bonds is 6. The average Bonchev–Trinajstić information content (AvgIpc) is 2.53. The van der Waals surface area contributed by atoms with Gasteiger partial charge in [0.05, 0.1) is 0 Å². The largest absolute Gasteiger partial charge is 0.481 e. The standard InChI is InChI=1S/C17H26N2O2.ClH/c1-14(21-16-6-4-3-5-7-16)17(20)19-12-9-15(10-13-19)8-11-18-2;/h3-7,14-15,18H,8-13H2,1-2H3;1H. The molecule has 124 valence electrons. The van der Waals surface area contributed by atoms with Gasteiger partial charge in [0.15, 0.2) is 6.10 Å². The van der Waals surface area contributed by atoms with Crippen LogP contribution in [0.5, 0.6) is 5.75 Å². The molecule has 0 spiro atoms. The van der Waals surface area contributed by atoms with Crippen LogP contribution < -0.4 is 10.1 Å². The molecular weight excluding hydrogens is 300 g/mol. The molecule has 0 bridgehead atoms. The summed E-state index contributed by atoms with van der Waals surface area (Å²) in [5, 5.41) is 3.19. The Morgan fingerprint density at radius 1 is 1.32 bits per heavy atom. The Morgan fingerprint density at radius 3 is 2.55 bits per heavy atom. The summed E-state index contributed by atoms with van der Waals surface area (Å²) < 4.78 is 5.72. The maximum atomic E-state index is 12.4. The average molecular weight is 327 g/mol. The monoisotopic (exact) mass is 326 g/mol. The van der Waals surface area contributed by atoms with E-state index in [2.05, 4.69) is 5.32 Å². The van der Waals surface area contributed by atoms with Crippen molar-refractivity contribution in [1.82, 2.24) is 10.2 Å². The van der Waals surface area contributed by atoms with Gasteiger partial charge in [0, 0.05) is 13.1 Å². The summed E-state index contributed by atoms with van der Waals surface area (Å²) in [6.45, 7) is 4.61. The van der Waals surface area contributed by atoms with Gasteiger partial charge in [-0.3, -0.25) is 4.79 Å². The number of carbonyl (C=O) groups excluding carboxylic acids is 1. The van der Waals surface area contributed by atoms with Crippen molar-refractivity contribution in [3.63, 3.8) is 0 Å². The van der Waals surface area contributed by atoms with Crippen LogP contribution in [-0.2, 0) is 4.79 Å². The SMILES string of the molecule is CNCCC1CCN(C(=O)C(C)Oc2ccccc2)CC1.Cl. The molecule has 1 N–H and O–H groups in total. The van der Waals surface area contributed by atoms with Crippen LogP contribution in [0.1, 0.15) is 26.2 Å². The van der Waals surface area contributed by atoms with Crippen LogP contribution in [0, 0.1) is 5.92 Å². The predicted molar refractivity (Wildman–Crippen MR) is 91.6 cm³/mol. The molecular formula is C17H27ClN2O2. The highest BCUT2D eigenvalue weighted by molar-refractivity contribution is 5.85. The number of halogens is 1. The first-order valence-electron chi connectivity index (χ1n) is 7.86. The third-order valence-electron chi connectivity index (χ3n) is 4.13. The van der Waals surface area contributed by atoms with Gasteiger partial charge < -0.3 is 15.0 Å². The van der Waals surface area contributed by atoms with Crippen LogP contribution in [-0.4, -0.2) is 43.6 Å². The fraction of sp³-hybridized carbons (Fsp3) is 0.588. The first-order chi connectivity index (χ1) is 10.2. The van der Waals surface area contributed by atoms with Gasteiger partial charge in [-0.1, -0.05) is 18.2 Å². The Balaban J connectivity index is 0.00000242. The lowest BCUT2D eigenvalue weighted by atomic mass is 9.93. The van der Waals surface area contributed by atoms with E-state index in [9.17, 15) is 4.79 Å². The van der Waals surface area contributed by atoms with Crippen molar-refractivity contribution in [2.75, 3.05) is 26.7 Å². The zero-order chi connectivity index (χ0) is 15.1. The van der Waals surface area contributed by atoms with Gasteiger partial charge in [-0.25, -0.2) is 0 Å². The lowest BCUT2D eigenvalue weighted by Crippen LogP contribution is -2.45. The molecule has 0 aromatic heterocycles. The molecule has 5 heteroatoms. The number of piperidine rings is 1. The topological polar surface area (TPSA) is 41.6 Å². The molecule has 0 aliphatic carbocycles. The highest BCUT2D eigenvalue weighted by Crippen LogP contribution is 2.21. The lowest BCUT2D eigenvalue weighted by molar-refractivity contribution is -0.139. The maximum Gasteiger partial charge on any atom is 0.263 e. The molecule has 1 amide bonds. The van der Waals surface area contributed by atoms with Crippen molar-refractivity contribution in [2.24, 2.45) is 5.92 Å². The molecule has 1 atom stereocenters. The van der Waals surface area contributed by atoms with Crippen molar-refractivity contribution in [2.45, 2.75) is 32.3 Å². The minimum atomic E-state index is -0.416. The number of nitrogens with zero attached hydrogens (tertiary/aromatic N) is 1. The molecule has 1 aliphatic heterocycles. The van der Waals surface area contributed by atoms with Gasteiger partial charge in [0.1, 0.15) is 5.75 Å². The van der Waals surface area contributed by atoms with E-state index in [1.165, 1.54) is 6.42 Å². The van der Waals surface area contributed by atoms with E-state index in [0.717, 1.165) is 44.1 Å². The maximum absolute atomic E-state index is 12.4. The van der Waals surface area contributed by atoms with Crippen LogP contribution in [0.4, 0.5) is 0 Å². The van der Waals surface area contributed by atoms with E-state index in [1.807, 2.05) is 49.2 Å². The molecule has 2 rings (SSSR count). The van der Waals surface area contributed by atoms with Crippen molar-refractivity contribution in [1.29, 1.82) is 0 Å². The van der Waals surface area contributed by atoms with E-state index < -0.39 is 6.10 Å². The van der Waals surface area contributed by atoms with E-state index in [-0.39, 0.29) is 18.3 Å². The third kappa shape index (κ3) is 5.50. The van der Waals surface area contributed by atoms with E-state index in [1.54, 1.807) is 0 Å². The number of carbonyl (C=O) groups is 1. The Hall–Kier alpha value is -1.26. The van der Waals surface area contributed by atoms with Crippen LogP contribution in [0.3, 0.4) is 0 Å². The molecule has 0 saturated carbocycles. The Labute approximate surface area is 139 Å². The molecule has 1 saturated heterocycles.